The lowest BCUT2D eigenvalue weighted by molar-refractivity contribution is 0.124. The molecule has 0 spiro atoms. The predicted molar refractivity (Wildman–Crippen MR) is 51.5 cm³/mol. The van der Waals surface area contributed by atoms with Crippen molar-refractivity contribution in [1.82, 2.24) is 0 Å². The van der Waals surface area contributed by atoms with Gasteiger partial charge in [0.2, 0.25) is 0 Å². The smallest absolute Gasteiger partial charge is 0.165 e. The minimum absolute atomic E-state index is 0.122. The molecule has 1 aromatic carbocycles. The molecule has 0 saturated heterocycles. The van der Waals surface area contributed by atoms with Gasteiger partial charge in [0.1, 0.15) is 5.60 Å². The van der Waals surface area contributed by atoms with Crippen molar-refractivity contribution in [3.8, 4) is 11.8 Å². The van der Waals surface area contributed by atoms with Crippen LogP contribution in [0.15, 0.2) is 18.2 Å². The molecule has 0 fully saturated rings. The Morgan fingerprint density at radius 1 is 1.36 bits per heavy atom. The van der Waals surface area contributed by atoms with Gasteiger partial charge in [0.15, 0.2) is 11.6 Å². The SMILES string of the molecule is CC(C)(C)Oc1cc(C#N)ccc1F. The summed E-state index contributed by atoms with van der Waals surface area (Å²) in [5, 5.41) is 8.62. The molecule has 1 aromatic rings. The van der Waals surface area contributed by atoms with E-state index in [-0.39, 0.29) is 5.75 Å². The molecule has 74 valence electrons. The number of nitriles is 1. The van der Waals surface area contributed by atoms with Crippen molar-refractivity contribution in [1.29, 1.82) is 5.26 Å². The number of ether oxygens (including phenoxy) is 1. The first-order valence-corrected chi connectivity index (χ1v) is 4.31. The minimum atomic E-state index is -0.463. The molecule has 2 nitrogen and oxygen atoms in total. The first-order chi connectivity index (χ1) is 6.42. The van der Waals surface area contributed by atoms with E-state index < -0.39 is 11.4 Å². The van der Waals surface area contributed by atoms with Crippen molar-refractivity contribution in [3.05, 3.63) is 29.6 Å². The Bertz CT molecular complexity index is 374. The monoisotopic (exact) mass is 193 g/mol. The van der Waals surface area contributed by atoms with Crippen LogP contribution in [-0.4, -0.2) is 5.60 Å². The van der Waals surface area contributed by atoms with Crippen molar-refractivity contribution in [2.75, 3.05) is 0 Å². The second-order valence-electron chi connectivity index (χ2n) is 3.97. The largest absolute Gasteiger partial charge is 0.485 e. The molecule has 14 heavy (non-hydrogen) atoms. The Hall–Kier alpha value is -1.56. The van der Waals surface area contributed by atoms with E-state index >= 15 is 0 Å². The average Bonchev–Trinajstić information content (AvgIpc) is 2.06. The summed E-state index contributed by atoms with van der Waals surface area (Å²) in [5.74, 6) is -0.324. The molecule has 0 unspecified atom stereocenters. The highest BCUT2D eigenvalue weighted by molar-refractivity contribution is 5.37. The average molecular weight is 193 g/mol. The lowest BCUT2D eigenvalue weighted by Gasteiger charge is -2.21. The van der Waals surface area contributed by atoms with Crippen molar-refractivity contribution >= 4 is 0 Å². The zero-order chi connectivity index (χ0) is 10.8. The highest BCUT2D eigenvalue weighted by Gasteiger charge is 2.15. The van der Waals surface area contributed by atoms with E-state index in [1.165, 1.54) is 18.2 Å². The third kappa shape index (κ3) is 2.74. The van der Waals surface area contributed by atoms with Gasteiger partial charge in [-0.1, -0.05) is 0 Å². The molecule has 0 N–H and O–H groups in total. The van der Waals surface area contributed by atoms with Crippen LogP contribution in [0, 0.1) is 17.1 Å². The highest BCUT2D eigenvalue weighted by atomic mass is 19.1. The maximum Gasteiger partial charge on any atom is 0.165 e. The summed E-state index contributed by atoms with van der Waals surface area (Å²) in [6.45, 7) is 5.47. The fraction of sp³-hybridized carbons (Fsp3) is 0.364. The van der Waals surface area contributed by atoms with Gasteiger partial charge in [-0.2, -0.15) is 5.26 Å². The van der Waals surface area contributed by atoms with E-state index in [0.29, 0.717) is 5.56 Å². The molecule has 0 radical (unpaired) electrons. The van der Waals surface area contributed by atoms with Crippen LogP contribution in [0.1, 0.15) is 26.3 Å². The van der Waals surface area contributed by atoms with E-state index in [4.69, 9.17) is 10.00 Å². The Morgan fingerprint density at radius 3 is 2.50 bits per heavy atom. The number of nitrogens with zero attached hydrogens (tertiary/aromatic N) is 1. The molecule has 0 amide bonds. The van der Waals surface area contributed by atoms with Crippen molar-refractivity contribution in [2.24, 2.45) is 0 Å². The van der Waals surface area contributed by atoms with Crippen LogP contribution in [0.2, 0.25) is 0 Å². The number of benzene rings is 1. The van der Waals surface area contributed by atoms with Crippen LogP contribution in [0.25, 0.3) is 0 Å². The zero-order valence-corrected chi connectivity index (χ0v) is 8.47. The van der Waals surface area contributed by atoms with Crippen LogP contribution in [0.4, 0.5) is 4.39 Å². The second-order valence-corrected chi connectivity index (χ2v) is 3.97. The van der Waals surface area contributed by atoms with Gasteiger partial charge in [0, 0.05) is 6.07 Å². The summed E-state index contributed by atoms with van der Waals surface area (Å²) in [6.07, 6.45) is 0. The van der Waals surface area contributed by atoms with E-state index in [9.17, 15) is 4.39 Å². The maximum atomic E-state index is 13.2. The van der Waals surface area contributed by atoms with Gasteiger partial charge in [0.05, 0.1) is 11.6 Å². The van der Waals surface area contributed by atoms with Gasteiger partial charge in [-0.25, -0.2) is 4.39 Å². The number of halogens is 1. The molecule has 0 aliphatic heterocycles. The predicted octanol–water partition coefficient (Wildman–Crippen LogP) is 2.87. The van der Waals surface area contributed by atoms with E-state index in [1.54, 1.807) is 0 Å². The first-order valence-electron chi connectivity index (χ1n) is 4.31. The van der Waals surface area contributed by atoms with Gasteiger partial charge < -0.3 is 4.74 Å². The zero-order valence-electron chi connectivity index (χ0n) is 8.47. The summed E-state index contributed by atoms with van der Waals surface area (Å²) in [5.41, 5.74) is -0.0693. The van der Waals surface area contributed by atoms with Crippen LogP contribution < -0.4 is 4.74 Å². The molecule has 1 rings (SSSR count). The van der Waals surface area contributed by atoms with Crippen molar-refractivity contribution < 1.29 is 9.13 Å². The molecule has 0 aromatic heterocycles. The molecular weight excluding hydrogens is 181 g/mol. The van der Waals surface area contributed by atoms with E-state index in [2.05, 4.69) is 0 Å². The summed E-state index contributed by atoms with van der Waals surface area (Å²) in [6, 6.07) is 5.99. The second kappa shape index (κ2) is 3.67. The lowest BCUT2D eigenvalue weighted by Crippen LogP contribution is -2.23. The third-order valence-corrected chi connectivity index (χ3v) is 1.48. The summed E-state index contributed by atoms with van der Waals surface area (Å²) in [4.78, 5) is 0. The van der Waals surface area contributed by atoms with Gasteiger partial charge in [-0.3, -0.25) is 0 Å². The molecule has 3 heteroatoms. The fourth-order valence-corrected chi connectivity index (χ4v) is 0.981. The Labute approximate surface area is 82.9 Å². The van der Waals surface area contributed by atoms with Crippen LogP contribution in [0.3, 0.4) is 0 Å². The standard InChI is InChI=1S/C11H12FNO/c1-11(2,3)14-10-6-8(7-13)4-5-9(10)12/h4-6H,1-3H3. The van der Waals surface area contributed by atoms with Crippen molar-refractivity contribution in [2.45, 2.75) is 26.4 Å². The number of hydrogen-bond donors (Lipinski definition) is 0. The summed E-state index contributed by atoms with van der Waals surface area (Å²) >= 11 is 0. The van der Waals surface area contributed by atoms with E-state index in [0.717, 1.165) is 0 Å². The van der Waals surface area contributed by atoms with Gasteiger partial charge in [0.25, 0.3) is 0 Å². The van der Waals surface area contributed by atoms with Gasteiger partial charge >= 0.3 is 0 Å². The number of rotatable bonds is 1. The van der Waals surface area contributed by atoms with E-state index in [1.807, 2.05) is 26.8 Å². The van der Waals surface area contributed by atoms with Gasteiger partial charge in [-0.15, -0.1) is 0 Å². The normalized spacial score (nSPS) is 10.8. The molecule has 0 aliphatic carbocycles. The van der Waals surface area contributed by atoms with Gasteiger partial charge in [-0.05, 0) is 32.9 Å². The Morgan fingerprint density at radius 2 is 2.00 bits per heavy atom. The lowest BCUT2D eigenvalue weighted by atomic mass is 10.1. The maximum absolute atomic E-state index is 13.2. The summed E-state index contributed by atoms with van der Waals surface area (Å²) < 4.78 is 18.6. The molecule has 0 atom stereocenters. The topological polar surface area (TPSA) is 33.0 Å². The van der Waals surface area contributed by atoms with Crippen LogP contribution in [-0.2, 0) is 0 Å². The Kier molecular flexibility index (Phi) is 2.76. The molecule has 0 heterocycles. The molecular formula is C11H12FNO. The fourth-order valence-electron chi connectivity index (χ4n) is 0.981. The molecule has 0 aliphatic rings. The third-order valence-electron chi connectivity index (χ3n) is 1.48. The Balaban J connectivity index is 3.03. The quantitative estimate of drug-likeness (QED) is 0.687. The first kappa shape index (κ1) is 10.5. The summed E-state index contributed by atoms with van der Waals surface area (Å²) in [7, 11) is 0. The molecule has 0 saturated carbocycles. The minimum Gasteiger partial charge on any atom is -0.485 e. The highest BCUT2D eigenvalue weighted by Crippen LogP contribution is 2.22. The number of hydrogen-bond acceptors (Lipinski definition) is 2. The molecule has 0 bridgehead atoms. The van der Waals surface area contributed by atoms with Crippen LogP contribution in [0.5, 0.6) is 5.75 Å². The van der Waals surface area contributed by atoms with Crippen molar-refractivity contribution in [3.63, 3.8) is 0 Å². The van der Waals surface area contributed by atoms with Crippen LogP contribution >= 0.6 is 0 Å².